The van der Waals surface area contributed by atoms with E-state index in [9.17, 15) is 0 Å². The van der Waals surface area contributed by atoms with E-state index >= 15 is 0 Å². The topological polar surface area (TPSA) is 94.1 Å². The summed E-state index contributed by atoms with van der Waals surface area (Å²) >= 11 is 13.2. The summed E-state index contributed by atoms with van der Waals surface area (Å²) in [6, 6.07) is 21.7. The van der Waals surface area contributed by atoms with Crippen LogP contribution in [0.4, 0.5) is 11.6 Å². The van der Waals surface area contributed by atoms with Crippen molar-refractivity contribution in [2.75, 3.05) is 49.9 Å². The van der Waals surface area contributed by atoms with Gasteiger partial charge in [0.25, 0.3) is 0 Å². The molecular formula is C32H35Cl2N11. The Morgan fingerprint density at radius 1 is 0.600 bits per heavy atom. The van der Waals surface area contributed by atoms with Crippen LogP contribution in [0.5, 0.6) is 0 Å². The van der Waals surface area contributed by atoms with E-state index in [4.69, 9.17) is 43.2 Å². The van der Waals surface area contributed by atoms with Gasteiger partial charge >= 0.3 is 0 Å². The van der Waals surface area contributed by atoms with Crippen LogP contribution in [0.1, 0.15) is 60.2 Å². The number of hydrogen-bond donors (Lipinski definition) is 2. The van der Waals surface area contributed by atoms with Crippen molar-refractivity contribution in [1.29, 1.82) is 0 Å². The minimum atomic E-state index is -0.303. The zero-order chi connectivity index (χ0) is 30.3. The van der Waals surface area contributed by atoms with E-state index in [2.05, 4.69) is 86.0 Å². The van der Waals surface area contributed by atoms with Gasteiger partial charge in [-0.15, -0.1) is 0 Å². The Balaban J connectivity index is 1.05. The van der Waals surface area contributed by atoms with Gasteiger partial charge in [-0.2, -0.15) is 0 Å². The number of piperazine rings is 1. The van der Waals surface area contributed by atoms with Crippen molar-refractivity contribution in [3.05, 3.63) is 95.8 Å². The number of likely N-dealkylation sites (tertiary alicyclic amines) is 1. The monoisotopic (exact) mass is 643 g/mol. The maximum atomic E-state index is 6.65. The summed E-state index contributed by atoms with van der Waals surface area (Å²) in [7, 11) is 0. The van der Waals surface area contributed by atoms with Gasteiger partial charge < -0.3 is 10.6 Å². The number of aromatic nitrogens is 4. The van der Waals surface area contributed by atoms with E-state index in [1.54, 1.807) is 12.7 Å². The van der Waals surface area contributed by atoms with E-state index < -0.39 is 0 Å². The lowest BCUT2D eigenvalue weighted by molar-refractivity contribution is 0.0797. The molecule has 4 aliphatic rings. The maximum Gasteiger partial charge on any atom is 0.198 e. The number of piperidine rings is 1. The highest BCUT2D eigenvalue weighted by Gasteiger charge is 2.36. The second-order valence-corrected chi connectivity index (χ2v) is 12.6. The molecule has 2 fully saturated rings. The SMILES string of the molecule is ClC1=NC(N2CCCCC2)c2ncn(-n3cnc4c3NC(Cl)=NC4N3CCN(C(c4ccccc4)c4ccccc4)CC3)c2N1. The zero-order valence-corrected chi connectivity index (χ0v) is 26.3. The molecule has 4 aromatic rings. The first kappa shape index (κ1) is 28.7. The number of nitrogens with zero attached hydrogens (tertiary/aromatic N) is 9. The molecule has 0 aliphatic carbocycles. The summed E-state index contributed by atoms with van der Waals surface area (Å²) in [6.45, 7) is 5.38. The predicted octanol–water partition coefficient (Wildman–Crippen LogP) is 5.32. The number of anilines is 2. The Morgan fingerprint density at radius 2 is 1.07 bits per heavy atom. The van der Waals surface area contributed by atoms with Crippen molar-refractivity contribution in [2.24, 2.45) is 9.98 Å². The largest absolute Gasteiger partial charge is 0.314 e. The molecule has 0 spiro atoms. The van der Waals surface area contributed by atoms with Crippen LogP contribution in [0.25, 0.3) is 0 Å². The molecule has 0 amide bonds. The highest BCUT2D eigenvalue weighted by atomic mass is 35.5. The second-order valence-electron chi connectivity index (χ2n) is 11.9. The number of amidine groups is 2. The molecular weight excluding hydrogens is 609 g/mol. The van der Waals surface area contributed by atoms with Crippen LogP contribution in [-0.2, 0) is 0 Å². The molecule has 2 aromatic heterocycles. The van der Waals surface area contributed by atoms with E-state index in [1.807, 2.05) is 9.35 Å². The lowest BCUT2D eigenvalue weighted by atomic mass is 9.96. The number of nitrogens with one attached hydrogen (secondary N) is 2. The van der Waals surface area contributed by atoms with Crippen molar-refractivity contribution in [3.8, 4) is 0 Å². The van der Waals surface area contributed by atoms with Crippen LogP contribution in [0.2, 0.25) is 0 Å². The first-order valence-corrected chi connectivity index (χ1v) is 16.4. The summed E-state index contributed by atoms with van der Waals surface area (Å²) in [5.74, 6) is 1.52. The fourth-order valence-corrected chi connectivity index (χ4v) is 7.41. The zero-order valence-electron chi connectivity index (χ0n) is 24.8. The average Bonchev–Trinajstić information content (AvgIpc) is 3.70. The number of aliphatic imine (C=N–C) groups is 2. The molecule has 2 atom stereocenters. The molecule has 11 nitrogen and oxygen atoms in total. The minimum absolute atomic E-state index is 0.188. The van der Waals surface area contributed by atoms with Gasteiger partial charge in [-0.25, -0.2) is 29.3 Å². The smallest absolute Gasteiger partial charge is 0.198 e. The number of benzene rings is 2. The van der Waals surface area contributed by atoms with E-state index in [0.717, 1.165) is 75.1 Å². The molecule has 13 heteroatoms. The van der Waals surface area contributed by atoms with Crippen LogP contribution in [-0.4, -0.2) is 83.9 Å². The number of fused-ring (bicyclic) bond motifs is 2. The lowest BCUT2D eigenvalue weighted by Gasteiger charge is -2.42. The second kappa shape index (κ2) is 12.2. The van der Waals surface area contributed by atoms with Gasteiger partial charge in [-0.1, -0.05) is 67.1 Å². The highest BCUT2D eigenvalue weighted by molar-refractivity contribution is 6.68. The minimum Gasteiger partial charge on any atom is -0.314 e. The Labute approximate surface area is 272 Å². The van der Waals surface area contributed by atoms with Gasteiger partial charge in [-0.3, -0.25) is 14.7 Å². The van der Waals surface area contributed by atoms with Crippen LogP contribution in [0.15, 0.2) is 83.3 Å². The molecule has 45 heavy (non-hydrogen) atoms. The average molecular weight is 645 g/mol. The summed E-state index contributed by atoms with van der Waals surface area (Å²) in [5, 5.41) is 7.17. The standard InChI is InChI=1S/C32H35Cl2N11/c33-31-37-27(42-14-8-3-9-15-42)24-29(39-31)44(20-35-24)45-21-36-25-28(38-32(34)40-30(25)45)43-18-16-41(17-19-43)26(22-10-4-1-5-11-22)23-12-6-2-7-13-23/h1-2,4-7,10-13,20-21,26-28H,3,8-9,14-19H2,(H,37,39)(H,38,40). The van der Waals surface area contributed by atoms with E-state index in [1.165, 1.54) is 17.5 Å². The first-order valence-electron chi connectivity index (χ1n) is 15.6. The van der Waals surface area contributed by atoms with Crippen LogP contribution in [0, 0.1) is 0 Å². The predicted molar refractivity (Wildman–Crippen MR) is 178 cm³/mol. The van der Waals surface area contributed by atoms with Gasteiger partial charge in [0, 0.05) is 39.3 Å². The third-order valence-electron chi connectivity index (χ3n) is 9.22. The molecule has 6 heterocycles. The molecule has 2 saturated heterocycles. The first-order chi connectivity index (χ1) is 22.1. The molecule has 2 aromatic carbocycles. The molecule has 4 aliphatic heterocycles. The lowest BCUT2D eigenvalue weighted by Crippen LogP contribution is -2.49. The quantitative estimate of drug-likeness (QED) is 0.275. The summed E-state index contributed by atoms with van der Waals surface area (Å²) in [6.07, 6.45) is 6.59. The molecule has 2 N–H and O–H groups in total. The molecule has 0 saturated carbocycles. The fourth-order valence-electron chi connectivity index (χ4n) is 7.05. The summed E-state index contributed by atoms with van der Waals surface area (Å²) in [5.41, 5.74) is 4.26. The van der Waals surface area contributed by atoms with Crippen molar-refractivity contribution < 1.29 is 0 Å². The third-order valence-corrected chi connectivity index (χ3v) is 9.60. The van der Waals surface area contributed by atoms with Gasteiger partial charge in [0.05, 0.1) is 6.04 Å². The summed E-state index contributed by atoms with van der Waals surface area (Å²) < 4.78 is 3.83. The van der Waals surface area contributed by atoms with Crippen molar-refractivity contribution in [2.45, 2.75) is 37.6 Å². The van der Waals surface area contributed by atoms with Gasteiger partial charge in [-0.05, 0) is 47.2 Å². The van der Waals surface area contributed by atoms with E-state index in [0.29, 0.717) is 10.6 Å². The summed E-state index contributed by atoms with van der Waals surface area (Å²) in [4.78, 5) is 26.4. The van der Waals surface area contributed by atoms with Crippen molar-refractivity contribution in [1.82, 2.24) is 34.0 Å². The Hall–Kier alpha value is -3.74. The van der Waals surface area contributed by atoms with Crippen LogP contribution >= 0.6 is 23.2 Å². The molecule has 0 bridgehead atoms. The number of halogens is 2. The fraction of sp³-hybridized carbons (Fsp3) is 0.375. The number of imidazole rings is 2. The molecule has 232 valence electrons. The Bertz CT molecular complexity index is 1660. The van der Waals surface area contributed by atoms with Crippen molar-refractivity contribution in [3.63, 3.8) is 0 Å². The van der Waals surface area contributed by atoms with E-state index in [-0.39, 0.29) is 18.4 Å². The van der Waals surface area contributed by atoms with Crippen LogP contribution < -0.4 is 10.6 Å². The third kappa shape index (κ3) is 5.42. The Kier molecular flexibility index (Phi) is 7.80. The van der Waals surface area contributed by atoms with Gasteiger partial charge in [0.1, 0.15) is 24.0 Å². The number of hydrogen-bond acceptors (Lipinski definition) is 9. The number of rotatable bonds is 6. The molecule has 8 rings (SSSR count). The maximum absolute atomic E-state index is 6.65. The normalized spacial score (nSPS) is 22.6. The molecule has 0 radical (unpaired) electrons. The molecule has 2 unspecified atom stereocenters. The van der Waals surface area contributed by atoms with Gasteiger partial charge in [0.2, 0.25) is 0 Å². The Morgan fingerprint density at radius 3 is 1.56 bits per heavy atom. The van der Waals surface area contributed by atoms with Crippen LogP contribution in [0.3, 0.4) is 0 Å². The van der Waals surface area contributed by atoms with Gasteiger partial charge in [0.15, 0.2) is 34.6 Å². The van der Waals surface area contributed by atoms with Crippen molar-refractivity contribution >= 4 is 45.4 Å². The highest BCUT2D eigenvalue weighted by Crippen LogP contribution is 2.38.